The Kier molecular flexibility index (Phi) is 5.13. The minimum atomic E-state index is -0.178. The minimum Gasteiger partial charge on any atom is -0.330 e. The molecule has 0 bridgehead atoms. The highest BCUT2D eigenvalue weighted by atomic mass is 16.1. The zero-order valence-electron chi connectivity index (χ0n) is 19.2. The third-order valence-corrected chi connectivity index (χ3v) is 5.89. The zero-order valence-corrected chi connectivity index (χ0v) is 19.2. The van der Waals surface area contributed by atoms with Crippen LogP contribution in [0.2, 0.25) is 0 Å². The number of anilines is 2. The smallest absolute Gasteiger partial charge is 0.278 e. The number of imidazole rings is 1. The number of hydrogen-bond acceptors (Lipinski definition) is 6. The first-order valence-electron chi connectivity index (χ1n) is 11.1. The number of nitrogens with zero attached hydrogens (tertiary/aromatic N) is 6. The third kappa shape index (κ3) is 3.84. The molecule has 2 N–H and O–H groups in total. The van der Waals surface area contributed by atoms with Crippen molar-refractivity contribution < 1.29 is 0 Å². The van der Waals surface area contributed by atoms with Gasteiger partial charge in [-0.2, -0.15) is 4.98 Å². The molecule has 0 saturated carbocycles. The lowest BCUT2D eigenvalue weighted by atomic mass is 10.0. The van der Waals surface area contributed by atoms with Crippen LogP contribution in [-0.2, 0) is 25.0 Å². The van der Waals surface area contributed by atoms with E-state index in [0.717, 1.165) is 25.2 Å². The van der Waals surface area contributed by atoms with Crippen LogP contribution < -0.4 is 16.2 Å². The molecule has 33 heavy (non-hydrogen) atoms. The molecule has 9 nitrogen and oxygen atoms in total. The summed E-state index contributed by atoms with van der Waals surface area (Å²) in [5.74, 6) is 1.04. The fourth-order valence-electron chi connectivity index (χ4n) is 4.08. The van der Waals surface area contributed by atoms with Gasteiger partial charge in [0.2, 0.25) is 5.95 Å². The van der Waals surface area contributed by atoms with Gasteiger partial charge in [0, 0.05) is 24.0 Å². The summed E-state index contributed by atoms with van der Waals surface area (Å²) in [6.07, 6.45) is 7.95. The van der Waals surface area contributed by atoms with Crippen LogP contribution in [0.4, 0.5) is 11.6 Å². The van der Waals surface area contributed by atoms with Crippen LogP contribution in [0.5, 0.6) is 0 Å². The van der Waals surface area contributed by atoms with Crippen molar-refractivity contribution in [3.8, 4) is 5.82 Å². The maximum atomic E-state index is 13.1. The molecule has 3 aromatic heterocycles. The Labute approximate surface area is 191 Å². The van der Waals surface area contributed by atoms with Gasteiger partial charge in [0.1, 0.15) is 5.39 Å². The summed E-state index contributed by atoms with van der Waals surface area (Å²) in [5, 5.41) is 7.12. The van der Waals surface area contributed by atoms with Gasteiger partial charge in [-0.05, 0) is 57.0 Å². The van der Waals surface area contributed by atoms with Crippen LogP contribution in [0, 0.1) is 0 Å². The molecule has 0 radical (unpaired) electrons. The van der Waals surface area contributed by atoms with E-state index in [0.29, 0.717) is 29.3 Å². The Balaban J connectivity index is 1.59. The van der Waals surface area contributed by atoms with E-state index in [1.165, 1.54) is 11.1 Å². The predicted molar refractivity (Wildman–Crippen MR) is 129 cm³/mol. The van der Waals surface area contributed by atoms with Crippen molar-refractivity contribution in [1.29, 1.82) is 0 Å². The van der Waals surface area contributed by atoms with Crippen molar-refractivity contribution >= 4 is 22.7 Å². The third-order valence-electron chi connectivity index (χ3n) is 5.89. The molecular formula is C24H28N8O. The Bertz CT molecular complexity index is 1400. The molecule has 0 saturated heterocycles. The van der Waals surface area contributed by atoms with E-state index in [1.54, 1.807) is 28.0 Å². The second-order valence-corrected chi connectivity index (χ2v) is 9.26. The van der Waals surface area contributed by atoms with E-state index < -0.39 is 0 Å². The first-order valence-corrected chi connectivity index (χ1v) is 11.1. The van der Waals surface area contributed by atoms with Crippen molar-refractivity contribution in [2.75, 3.05) is 11.9 Å². The summed E-state index contributed by atoms with van der Waals surface area (Å²) in [4.78, 5) is 26.8. The molecule has 0 fully saturated rings. The van der Waals surface area contributed by atoms with Gasteiger partial charge in [-0.15, -0.1) is 6.58 Å². The summed E-state index contributed by atoms with van der Waals surface area (Å²) in [7, 11) is 0. The molecule has 1 aromatic carbocycles. The molecule has 9 heteroatoms. The molecule has 1 aliphatic heterocycles. The van der Waals surface area contributed by atoms with Crippen LogP contribution in [0.15, 0.2) is 54.4 Å². The molecule has 0 amide bonds. The normalized spacial score (nSPS) is 13.8. The van der Waals surface area contributed by atoms with Gasteiger partial charge in [-0.1, -0.05) is 12.1 Å². The van der Waals surface area contributed by atoms with Crippen molar-refractivity contribution in [2.45, 2.75) is 45.8 Å². The van der Waals surface area contributed by atoms with E-state index in [-0.39, 0.29) is 11.1 Å². The van der Waals surface area contributed by atoms with E-state index in [2.05, 4.69) is 60.1 Å². The number of benzene rings is 1. The van der Waals surface area contributed by atoms with Crippen LogP contribution in [0.3, 0.4) is 0 Å². The van der Waals surface area contributed by atoms with E-state index >= 15 is 0 Å². The minimum absolute atomic E-state index is 0.137. The molecule has 1 aliphatic rings. The van der Waals surface area contributed by atoms with Crippen LogP contribution in [0.1, 0.15) is 31.9 Å². The maximum Gasteiger partial charge on any atom is 0.278 e. The Morgan fingerprint density at radius 3 is 2.85 bits per heavy atom. The van der Waals surface area contributed by atoms with Gasteiger partial charge in [0.25, 0.3) is 5.56 Å². The monoisotopic (exact) mass is 444 g/mol. The van der Waals surface area contributed by atoms with Gasteiger partial charge in [-0.3, -0.25) is 4.79 Å². The topological polar surface area (TPSA) is 94.6 Å². The molecule has 0 aliphatic carbocycles. The zero-order chi connectivity index (χ0) is 23.2. The molecule has 0 unspecified atom stereocenters. The van der Waals surface area contributed by atoms with Gasteiger partial charge < -0.3 is 15.2 Å². The summed E-state index contributed by atoms with van der Waals surface area (Å²) in [6.45, 7) is 12.3. The van der Waals surface area contributed by atoms with Gasteiger partial charge >= 0.3 is 0 Å². The molecular weight excluding hydrogens is 416 g/mol. The summed E-state index contributed by atoms with van der Waals surface area (Å²) in [5.41, 5.74) is 3.74. The molecule has 0 atom stereocenters. The largest absolute Gasteiger partial charge is 0.330 e. The number of rotatable bonds is 5. The molecule has 4 heterocycles. The van der Waals surface area contributed by atoms with E-state index in [4.69, 9.17) is 4.98 Å². The van der Waals surface area contributed by atoms with Crippen molar-refractivity contribution in [3.05, 3.63) is 71.1 Å². The highest BCUT2D eigenvalue weighted by Crippen LogP contribution is 2.23. The fourth-order valence-corrected chi connectivity index (χ4v) is 4.08. The van der Waals surface area contributed by atoms with Crippen LogP contribution in [-0.4, -0.2) is 35.4 Å². The average Bonchev–Trinajstić information content (AvgIpc) is 3.38. The molecule has 170 valence electrons. The lowest BCUT2D eigenvalue weighted by molar-refractivity contribution is 0.396. The second-order valence-electron chi connectivity index (χ2n) is 9.26. The van der Waals surface area contributed by atoms with Gasteiger partial charge in [-0.25, -0.2) is 19.3 Å². The first kappa shape index (κ1) is 21.1. The van der Waals surface area contributed by atoms with Crippen molar-refractivity contribution in [3.63, 3.8) is 0 Å². The fraction of sp³-hybridized carbons (Fsp3) is 0.333. The molecule has 4 aromatic rings. The number of fused-ring (bicyclic) bond motifs is 2. The Hall–Kier alpha value is -3.72. The van der Waals surface area contributed by atoms with Crippen LogP contribution >= 0.6 is 0 Å². The van der Waals surface area contributed by atoms with Crippen LogP contribution in [0.25, 0.3) is 16.9 Å². The molecule has 5 rings (SSSR count). The lowest BCUT2D eigenvalue weighted by Crippen LogP contribution is -2.23. The summed E-state index contributed by atoms with van der Waals surface area (Å²) < 4.78 is 5.34. The van der Waals surface area contributed by atoms with Crippen molar-refractivity contribution in [2.24, 2.45) is 0 Å². The van der Waals surface area contributed by atoms with E-state index in [1.807, 2.05) is 16.8 Å². The number of allylic oxidation sites excluding steroid dienone is 1. The number of nitrogens with one attached hydrogen (secondary N) is 2. The van der Waals surface area contributed by atoms with Gasteiger partial charge in [0.15, 0.2) is 11.5 Å². The van der Waals surface area contributed by atoms with Gasteiger partial charge in [0.05, 0.1) is 19.1 Å². The first-order chi connectivity index (χ1) is 15.8. The van der Waals surface area contributed by atoms with Crippen molar-refractivity contribution in [1.82, 2.24) is 34.2 Å². The number of hydrogen-bond donors (Lipinski definition) is 2. The summed E-state index contributed by atoms with van der Waals surface area (Å²) >= 11 is 0. The number of aromatic nitrogens is 6. The Morgan fingerprint density at radius 1 is 1.24 bits per heavy atom. The standard InChI is InChI=1S/C24H28N8O/c1-5-10-31-22(33)19-13-26-23(28-18-7-6-17-12-25-9-8-16(17)11-18)29-21(19)32(31)20-14-30(15-27-20)24(2,3)4/h5-7,11,13-15,25H,1,8-10,12H2,2-4H3,(H,26,28,29). The average molecular weight is 445 g/mol. The van der Waals surface area contributed by atoms with E-state index in [9.17, 15) is 4.79 Å². The highest BCUT2D eigenvalue weighted by molar-refractivity contribution is 5.77. The quantitative estimate of drug-likeness (QED) is 0.460. The molecule has 0 spiro atoms. The summed E-state index contributed by atoms with van der Waals surface area (Å²) in [6, 6.07) is 6.29. The SMILES string of the molecule is C=CCn1c(=O)c2cnc(Nc3ccc4c(c3)CCNC4)nc2n1-c1cn(C(C)(C)C)cn1. The lowest BCUT2D eigenvalue weighted by Gasteiger charge is -2.19. The Morgan fingerprint density at radius 2 is 2.09 bits per heavy atom. The maximum absolute atomic E-state index is 13.1. The highest BCUT2D eigenvalue weighted by Gasteiger charge is 2.21. The second kappa shape index (κ2) is 8.00. The predicted octanol–water partition coefficient (Wildman–Crippen LogP) is 3.11.